The second kappa shape index (κ2) is 9.54. The molecule has 0 unspecified atom stereocenters. The molecule has 2 aromatic carbocycles. The normalized spacial score (nSPS) is 11.1. The molecule has 1 N–H and O–H groups in total. The van der Waals surface area contributed by atoms with Crippen molar-refractivity contribution in [3.63, 3.8) is 0 Å². The average molecular weight is 408 g/mol. The summed E-state index contributed by atoms with van der Waals surface area (Å²) in [5.41, 5.74) is 0.918. The first-order chi connectivity index (χ1) is 13.3. The van der Waals surface area contributed by atoms with Crippen molar-refractivity contribution in [2.45, 2.75) is 31.6 Å². The number of carbonyl (C=O) groups is 1. The summed E-state index contributed by atoms with van der Waals surface area (Å²) in [4.78, 5) is 12.3. The third-order valence-electron chi connectivity index (χ3n) is 4.14. The van der Waals surface area contributed by atoms with Crippen LogP contribution >= 0.6 is 0 Å². The van der Waals surface area contributed by atoms with Crippen LogP contribution < -0.4 is 14.4 Å². The van der Waals surface area contributed by atoms with Crippen molar-refractivity contribution < 1.29 is 22.3 Å². The van der Waals surface area contributed by atoms with Crippen LogP contribution in [0.2, 0.25) is 0 Å². The second-order valence-corrected chi connectivity index (χ2v) is 8.18. The number of methoxy groups -OCH3 is 1. The standard InChI is InChI=1S/C20H25FN2O4S/c1-4-5-12-22-20(24)14-23(17-9-7-16(21)8-10-17)28(25,26)19-13-15(2)6-11-18(19)27-3/h6-11,13H,4-5,12,14H2,1-3H3,(H,22,24). The molecule has 152 valence electrons. The lowest BCUT2D eigenvalue weighted by Gasteiger charge is -2.25. The fourth-order valence-electron chi connectivity index (χ4n) is 2.62. The summed E-state index contributed by atoms with van der Waals surface area (Å²) in [7, 11) is -2.75. The maximum Gasteiger partial charge on any atom is 0.268 e. The predicted molar refractivity (Wildman–Crippen MR) is 107 cm³/mol. The van der Waals surface area contributed by atoms with Crippen molar-refractivity contribution in [1.82, 2.24) is 5.32 Å². The van der Waals surface area contributed by atoms with Crippen LogP contribution in [0.3, 0.4) is 0 Å². The molecular weight excluding hydrogens is 383 g/mol. The minimum Gasteiger partial charge on any atom is -0.495 e. The fraction of sp³-hybridized carbons (Fsp3) is 0.350. The number of unbranched alkanes of at least 4 members (excludes halogenated alkanes) is 1. The highest BCUT2D eigenvalue weighted by atomic mass is 32.2. The molecule has 28 heavy (non-hydrogen) atoms. The van der Waals surface area contributed by atoms with E-state index in [4.69, 9.17) is 4.74 Å². The van der Waals surface area contributed by atoms with E-state index >= 15 is 0 Å². The van der Waals surface area contributed by atoms with Gasteiger partial charge in [-0.3, -0.25) is 9.10 Å². The smallest absolute Gasteiger partial charge is 0.268 e. The molecule has 0 atom stereocenters. The Balaban J connectivity index is 2.46. The molecule has 0 radical (unpaired) electrons. The van der Waals surface area contributed by atoms with Crippen molar-refractivity contribution in [3.8, 4) is 5.75 Å². The van der Waals surface area contributed by atoms with E-state index in [9.17, 15) is 17.6 Å². The summed E-state index contributed by atoms with van der Waals surface area (Å²) in [6.07, 6.45) is 1.70. The molecule has 1 amide bonds. The van der Waals surface area contributed by atoms with Gasteiger partial charge in [0.1, 0.15) is 23.0 Å². The zero-order valence-electron chi connectivity index (χ0n) is 16.2. The lowest BCUT2D eigenvalue weighted by Crippen LogP contribution is -2.41. The van der Waals surface area contributed by atoms with Crippen LogP contribution in [0.15, 0.2) is 47.4 Å². The molecule has 0 heterocycles. The lowest BCUT2D eigenvalue weighted by atomic mass is 10.2. The number of aryl methyl sites for hydroxylation is 1. The number of rotatable bonds is 9. The highest BCUT2D eigenvalue weighted by Crippen LogP contribution is 2.30. The van der Waals surface area contributed by atoms with Gasteiger partial charge in [0.15, 0.2) is 0 Å². The Kier molecular flexibility index (Phi) is 7.39. The number of amides is 1. The fourth-order valence-corrected chi connectivity index (χ4v) is 4.28. The Labute approximate surface area is 165 Å². The highest BCUT2D eigenvalue weighted by Gasteiger charge is 2.30. The number of carbonyl (C=O) groups excluding carboxylic acids is 1. The molecule has 2 rings (SSSR count). The second-order valence-electron chi connectivity index (χ2n) is 6.35. The number of halogens is 1. The van der Waals surface area contributed by atoms with Crippen molar-refractivity contribution in [2.24, 2.45) is 0 Å². The van der Waals surface area contributed by atoms with Crippen LogP contribution in [0, 0.1) is 12.7 Å². The van der Waals surface area contributed by atoms with Gasteiger partial charge in [-0.1, -0.05) is 19.4 Å². The van der Waals surface area contributed by atoms with Crippen LogP contribution in [0.5, 0.6) is 5.75 Å². The van der Waals surface area contributed by atoms with Gasteiger partial charge in [0, 0.05) is 6.54 Å². The van der Waals surface area contributed by atoms with Gasteiger partial charge in [-0.25, -0.2) is 12.8 Å². The number of anilines is 1. The predicted octanol–water partition coefficient (Wildman–Crippen LogP) is 3.25. The Morgan fingerprint density at radius 2 is 1.86 bits per heavy atom. The van der Waals surface area contributed by atoms with Gasteiger partial charge < -0.3 is 10.1 Å². The molecule has 0 fully saturated rings. The molecule has 8 heteroatoms. The molecule has 2 aromatic rings. The number of hydrogen-bond acceptors (Lipinski definition) is 4. The Bertz CT molecular complexity index is 914. The van der Waals surface area contributed by atoms with Gasteiger partial charge in [0.05, 0.1) is 12.8 Å². The summed E-state index contributed by atoms with van der Waals surface area (Å²) < 4.78 is 46.3. The van der Waals surface area contributed by atoms with E-state index in [1.807, 2.05) is 6.92 Å². The van der Waals surface area contributed by atoms with E-state index in [0.29, 0.717) is 6.54 Å². The zero-order valence-corrected chi connectivity index (χ0v) is 17.1. The number of hydrogen-bond donors (Lipinski definition) is 1. The van der Waals surface area contributed by atoms with E-state index in [1.165, 1.54) is 25.3 Å². The molecule has 0 saturated heterocycles. The third-order valence-corrected chi connectivity index (χ3v) is 5.94. The molecule has 0 aliphatic heterocycles. The molecule has 0 spiro atoms. The molecule has 0 saturated carbocycles. The molecule has 6 nitrogen and oxygen atoms in total. The van der Waals surface area contributed by atoms with Crippen LogP contribution in [0.1, 0.15) is 25.3 Å². The van der Waals surface area contributed by atoms with Crippen molar-refractivity contribution in [2.75, 3.05) is 24.5 Å². The number of ether oxygens (including phenoxy) is 1. The molecule has 0 aliphatic carbocycles. The highest BCUT2D eigenvalue weighted by molar-refractivity contribution is 7.93. The van der Waals surface area contributed by atoms with Gasteiger partial charge in [-0.2, -0.15) is 0 Å². The summed E-state index contributed by atoms with van der Waals surface area (Å²) in [5.74, 6) is -0.765. The summed E-state index contributed by atoms with van der Waals surface area (Å²) in [6.45, 7) is 3.79. The largest absolute Gasteiger partial charge is 0.495 e. The van der Waals surface area contributed by atoms with Gasteiger partial charge >= 0.3 is 0 Å². The quantitative estimate of drug-likeness (QED) is 0.646. The monoisotopic (exact) mass is 408 g/mol. The number of nitrogens with one attached hydrogen (secondary N) is 1. The van der Waals surface area contributed by atoms with Crippen LogP contribution in [-0.4, -0.2) is 34.5 Å². The van der Waals surface area contributed by atoms with E-state index in [-0.39, 0.29) is 16.3 Å². The Morgan fingerprint density at radius 1 is 1.18 bits per heavy atom. The molecule has 0 bridgehead atoms. The zero-order chi connectivity index (χ0) is 20.7. The molecule has 0 aromatic heterocycles. The minimum absolute atomic E-state index is 0.0549. The van der Waals surface area contributed by atoms with Gasteiger partial charge in [0.2, 0.25) is 5.91 Å². The summed E-state index contributed by atoms with van der Waals surface area (Å²) in [5, 5.41) is 2.71. The van der Waals surface area contributed by atoms with Crippen molar-refractivity contribution >= 4 is 21.6 Å². The molecular formula is C20H25FN2O4S. The number of sulfonamides is 1. The van der Waals surface area contributed by atoms with Crippen LogP contribution in [0.4, 0.5) is 10.1 Å². The third kappa shape index (κ3) is 5.22. The SMILES string of the molecule is CCCCNC(=O)CN(c1ccc(F)cc1)S(=O)(=O)c1cc(C)ccc1OC. The lowest BCUT2D eigenvalue weighted by molar-refractivity contribution is -0.119. The van der Waals surface area contributed by atoms with E-state index in [2.05, 4.69) is 5.32 Å². The topological polar surface area (TPSA) is 75.7 Å². The van der Waals surface area contributed by atoms with Crippen LogP contribution in [0.25, 0.3) is 0 Å². The maximum absolute atomic E-state index is 13.4. The van der Waals surface area contributed by atoms with Gasteiger partial charge in [-0.15, -0.1) is 0 Å². The maximum atomic E-state index is 13.4. The summed E-state index contributed by atoms with van der Waals surface area (Å²) >= 11 is 0. The van der Waals surface area contributed by atoms with Gasteiger partial charge in [0.25, 0.3) is 10.0 Å². The van der Waals surface area contributed by atoms with Gasteiger partial charge in [-0.05, 0) is 55.3 Å². The first-order valence-corrected chi connectivity index (χ1v) is 10.4. The number of nitrogens with zero attached hydrogens (tertiary/aromatic N) is 1. The first-order valence-electron chi connectivity index (χ1n) is 8.99. The van der Waals surface area contributed by atoms with E-state index in [1.54, 1.807) is 19.1 Å². The van der Waals surface area contributed by atoms with E-state index in [0.717, 1.165) is 34.8 Å². The van der Waals surface area contributed by atoms with E-state index < -0.39 is 28.3 Å². The van der Waals surface area contributed by atoms with Crippen LogP contribution in [-0.2, 0) is 14.8 Å². The minimum atomic E-state index is -4.13. The Morgan fingerprint density at radius 3 is 2.46 bits per heavy atom. The Hall–Kier alpha value is -2.61. The average Bonchev–Trinajstić information content (AvgIpc) is 2.67. The van der Waals surface area contributed by atoms with Crippen molar-refractivity contribution in [3.05, 3.63) is 53.8 Å². The molecule has 0 aliphatic rings. The first kappa shape index (κ1) is 21.7. The van der Waals surface area contributed by atoms with Crippen molar-refractivity contribution in [1.29, 1.82) is 0 Å². The number of benzene rings is 2. The summed E-state index contributed by atoms with van der Waals surface area (Å²) in [6, 6.07) is 9.74.